The highest BCUT2D eigenvalue weighted by atomic mass is 79.9. The van der Waals surface area contributed by atoms with Gasteiger partial charge in [0.05, 0.1) is 11.2 Å². The van der Waals surface area contributed by atoms with Crippen molar-refractivity contribution in [3.63, 3.8) is 0 Å². The van der Waals surface area contributed by atoms with Gasteiger partial charge in [0.15, 0.2) is 17.5 Å². The quantitative estimate of drug-likeness (QED) is 0.185. The highest BCUT2D eigenvalue weighted by molar-refractivity contribution is 9.10. The van der Waals surface area contributed by atoms with Crippen molar-refractivity contribution >= 4 is 48.4 Å². The van der Waals surface area contributed by atoms with Crippen LogP contribution in [0, 0.1) is 0 Å². The van der Waals surface area contributed by atoms with Crippen LogP contribution < -0.4 is 0 Å². The van der Waals surface area contributed by atoms with E-state index < -0.39 is 0 Å². The van der Waals surface area contributed by atoms with Gasteiger partial charge in [-0.15, -0.1) is 0 Å². The van der Waals surface area contributed by atoms with E-state index in [2.05, 4.69) is 88.7 Å². The highest BCUT2D eigenvalue weighted by Crippen LogP contribution is 2.41. The lowest BCUT2D eigenvalue weighted by Crippen LogP contribution is -2.01. The number of fused-ring (bicyclic) bond motifs is 5. The maximum atomic E-state index is 5.21. The molecule has 202 valence electrons. The second-order valence-electron chi connectivity index (χ2n) is 10.4. The van der Waals surface area contributed by atoms with E-state index in [-0.39, 0.29) is 0 Å². The molecule has 0 aliphatic heterocycles. The fourth-order valence-corrected chi connectivity index (χ4v) is 6.02. The van der Waals surface area contributed by atoms with Crippen molar-refractivity contribution in [1.29, 1.82) is 0 Å². The van der Waals surface area contributed by atoms with Crippen LogP contribution >= 0.6 is 15.9 Å². The molecule has 0 N–H and O–H groups in total. The molecule has 0 bridgehead atoms. The Hall–Kier alpha value is -5.26. The summed E-state index contributed by atoms with van der Waals surface area (Å²) in [4.78, 5) is 20.3. The number of nitrogens with zero attached hydrogens (tertiary/aromatic N) is 4. The molecule has 6 aromatic carbocycles. The van der Waals surface area contributed by atoms with Crippen LogP contribution in [0.4, 0.5) is 0 Å². The van der Waals surface area contributed by atoms with E-state index >= 15 is 0 Å². The monoisotopic (exact) mass is 614 g/mol. The largest absolute Gasteiger partial charge is 0.247 e. The van der Waals surface area contributed by atoms with Crippen LogP contribution in [-0.2, 0) is 0 Å². The summed E-state index contributed by atoms with van der Waals surface area (Å²) in [7, 11) is 0. The Labute approximate surface area is 256 Å². The molecule has 0 unspecified atom stereocenters. The number of halogens is 1. The molecular formula is C38H23BrN4. The molecule has 0 aliphatic rings. The van der Waals surface area contributed by atoms with E-state index in [1.807, 2.05) is 66.7 Å². The molecule has 0 radical (unpaired) electrons. The fraction of sp³-hybridized carbons (Fsp3) is 0. The number of hydrogen-bond acceptors (Lipinski definition) is 4. The zero-order valence-corrected chi connectivity index (χ0v) is 24.5. The van der Waals surface area contributed by atoms with Crippen molar-refractivity contribution in [2.45, 2.75) is 0 Å². The van der Waals surface area contributed by atoms with Crippen LogP contribution in [0.5, 0.6) is 0 Å². The van der Waals surface area contributed by atoms with Crippen molar-refractivity contribution in [2.24, 2.45) is 0 Å². The molecule has 0 amide bonds. The zero-order chi connectivity index (χ0) is 28.8. The Bertz CT molecular complexity index is 2230. The standard InChI is InChI=1S/C38H23BrN4/c39-27-21-19-24(20-22-27)35-32-23-31(28-15-7-8-16-29(28)34(32)30-17-9-10-18-33(30)40-35)38-42-36(25-11-3-1-4-12-25)41-37(43-38)26-13-5-2-6-14-26/h1-23H. The maximum Gasteiger partial charge on any atom is 0.164 e. The molecule has 0 aliphatic carbocycles. The molecule has 8 rings (SSSR count). The van der Waals surface area contributed by atoms with Crippen molar-refractivity contribution < 1.29 is 0 Å². The van der Waals surface area contributed by atoms with E-state index in [1.54, 1.807) is 0 Å². The summed E-state index contributed by atoms with van der Waals surface area (Å²) in [6.45, 7) is 0. The van der Waals surface area contributed by atoms with Crippen molar-refractivity contribution in [2.75, 3.05) is 0 Å². The third-order valence-corrected chi connectivity index (χ3v) is 8.29. The number of hydrogen-bond donors (Lipinski definition) is 0. The first-order valence-corrected chi connectivity index (χ1v) is 14.9. The molecule has 2 heterocycles. The number of rotatable bonds is 4. The van der Waals surface area contributed by atoms with Crippen LogP contribution in [0.1, 0.15) is 0 Å². The number of aromatic nitrogens is 4. The van der Waals surface area contributed by atoms with Crippen LogP contribution in [-0.4, -0.2) is 19.9 Å². The first-order valence-electron chi connectivity index (χ1n) is 14.1. The molecule has 2 aromatic heterocycles. The fourth-order valence-electron chi connectivity index (χ4n) is 5.76. The van der Waals surface area contributed by atoms with Crippen molar-refractivity contribution in [3.8, 4) is 45.4 Å². The first-order chi connectivity index (χ1) is 21.2. The molecular weight excluding hydrogens is 592 g/mol. The molecule has 0 saturated heterocycles. The van der Waals surface area contributed by atoms with Crippen LogP contribution in [0.3, 0.4) is 0 Å². The molecule has 8 aromatic rings. The molecule has 0 fully saturated rings. The van der Waals surface area contributed by atoms with Gasteiger partial charge in [0.1, 0.15) is 0 Å². The van der Waals surface area contributed by atoms with E-state index in [9.17, 15) is 0 Å². The SMILES string of the molecule is Brc1ccc(-c2nc3ccccc3c3c2cc(-c2nc(-c4ccccc4)nc(-c4ccccc4)n2)c2ccccc23)cc1. The van der Waals surface area contributed by atoms with Crippen molar-refractivity contribution in [3.05, 3.63) is 144 Å². The van der Waals surface area contributed by atoms with Gasteiger partial charge in [-0.3, -0.25) is 0 Å². The van der Waals surface area contributed by atoms with Gasteiger partial charge in [0.25, 0.3) is 0 Å². The third-order valence-electron chi connectivity index (χ3n) is 7.76. The van der Waals surface area contributed by atoms with Crippen molar-refractivity contribution in [1.82, 2.24) is 19.9 Å². The summed E-state index contributed by atoms with van der Waals surface area (Å²) in [6.07, 6.45) is 0. The van der Waals surface area contributed by atoms with E-state index in [1.165, 1.54) is 5.39 Å². The van der Waals surface area contributed by atoms with Gasteiger partial charge in [-0.05, 0) is 35.0 Å². The number of para-hydroxylation sites is 1. The molecule has 4 nitrogen and oxygen atoms in total. The Kier molecular flexibility index (Phi) is 6.24. The molecule has 0 saturated carbocycles. The van der Waals surface area contributed by atoms with E-state index in [0.717, 1.165) is 59.5 Å². The summed E-state index contributed by atoms with van der Waals surface area (Å²) >= 11 is 3.59. The van der Waals surface area contributed by atoms with Gasteiger partial charge in [-0.2, -0.15) is 0 Å². The lowest BCUT2D eigenvalue weighted by molar-refractivity contribution is 1.08. The van der Waals surface area contributed by atoms with Gasteiger partial charge in [0, 0.05) is 42.9 Å². The van der Waals surface area contributed by atoms with Gasteiger partial charge < -0.3 is 0 Å². The maximum absolute atomic E-state index is 5.21. The lowest BCUT2D eigenvalue weighted by atomic mass is 9.92. The average molecular weight is 616 g/mol. The molecule has 5 heteroatoms. The topological polar surface area (TPSA) is 51.6 Å². The Balaban J connectivity index is 1.50. The Morgan fingerprint density at radius 3 is 1.58 bits per heavy atom. The Morgan fingerprint density at radius 2 is 0.930 bits per heavy atom. The van der Waals surface area contributed by atoms with Gasteiger partial charge in [-0.25, -0.2) is 19.9 Å². The van der Waals surface area contributed by atoms with Gasteiger partial charge >= 0.3 is 0 Å². The minimum Gasteiger partial charge on any atom is -0.247 e. The summed E-state index contributed by atoms with van der Waals surface area (Å²) < 4.78 is 1.03. The normalized spacial score (nSPS) is 11.4. The highest BCUT2D eigenvalue weighted by Gasteiger charge is 2.19. The van der Waals surface area contributed by atoms with E-state index in [0.29, 0.717) is 17.5 Å². The molecule has 0 atom stereocenters. The summed E-state index contributed by atoms with van der Waals surface area (Å²) in [5, 5.41) is 5.56. The second kappa shape index (κ2) is 10.5. The summed E-state index contributed by atoms with van der Waals surface area (Å²) in [5.41, 5.74) is 5.76. The van der Waals surface area contributed by atoms with Gasteiger partial charge in [0.2, 0.25) is 0 Å². The van der Waals surface area contributed by atoms with Crippen LogP contribution in [0.2, 0.25) is 0 Å². The first kappa shape index (κ1) is 25.5. The average Bonchev–Trinajstić information content (AvgIpc) is 3.08. The smallest absolute Gasteiger partial charge is 0.164 e. The van der Waals surface area contributed by atoms with Gasteiger partial charge in [-0.1, -0.05) is 131 Å². The van der Waals surface area contributed by atoms with Crippen LogP contribution in [0.25, 0.3) is 77.9 Å². The third kappa shape index (κ3) is 4.55. The second-order valence-corrected chi connectivity index (χ2v) is 11.3. The summed E-state index contributed by atoms with van der Waals surface area (Å²) in [6, 6.07) is 47.6. The predicted molar refractivity (Wildman–Crippen MR) is 180 cm³/mol. The minimum absolute atomic E-state index is 0.626. The van der Waals surface area contributed by atoms with Crippen LogP contribution in [0.15, 0.2) is 144 Å². The lowest BCUT2D eigenvalue weighted by Gasteiger charge is -2.16. The molecule has 0 spiro atoms. The zero-order valence-electron chi connectivity index (χ0n) is 22.9. The summed E-state index contributed by atoms with van der Waals surface area (Å²) in [5.74, 6) is 1.90. The predicted octanol–water partition coefficient (Wildman–Crippen LogP) is 10.2. The number of pyridine rings is 1. The Morgan fingerprint density at radius 1 is 0.395 bits per heavy atom. The molecule has 43 heavy (non-hydrogen) atoms. The minimum atomic E-state index is 0.626. The number of benzene rings is 6. The van der Waals surface area contributed by atoms with E-state index in [4.69, 9.17) is 19.9 Å².